The third kappa shape index (κ3) is 5.60. The molecule has 0 radical (unpaired) electrons. The first-order valence-electron chi connectivity index (χ1n) is 8.77. The van der Waals surface area contributed by atoms with E-state index < -0.39 is 17.3 Å². The van der Waals surface area contributed by atoms with Crippen LogP contribution >= 0.6 is 0 Å². The van der Waals surface area contributed by atoms with Crippen molar-refractivity contribution in [3.63, 3.8) is 0 Å². The molecule has 0 unspecified atom stereocenters. The van der Waals surface area contributed by atoms with Crippen LogP contribution in [0.2, 0.25) is 0 Å². The Morgan fingerprint density at radius 2 is 1.89 bits per heavy atom. The van der Waals surface area contributed by atoms with Crippen LogP contribution < -0.4 is 10.5 Å². The van der Waals surface area contributed by atoms with E-state index in [9.17, 15) is 13.2 Å². The van der Waals surface area contributed by atoms with Crippen molar-refractivity contribution in [3.05, 3.63) is 72.0 Å². The van der Waals surface area contributed by atoms with E-state index in [0.717, 1.165) is 17.7 Å². The van der Waals surface area contributed by atoms with Crippen molar-refractivity contribution < 1.29 is 17.9 Å². The SMILES string of the molecule is C=C/C=C(\C=C\c1cc(Oc2ccc(C(F)(F)F)cc2)n(CC)n1)C(C)(C)N. The predicted molar refractivity (Wildman–Crippen MR) is 105 cm³/mol. The van der Waals surface area contributed by atoms with Crippen LogP contribution in [0.25, 0.3) is 6.08 Å². The second-order valence-electron chi connectivity index (χ2n) is 6.76. The van der Waals surface area contributed by atoms with Crippen molar-refractivity contribution in [1.82, 2.24) is 9.78 Å². The highest BCUT2D eigenvalue weighted by molar-refractivity contribution is 5.53. The number of aryl methyl sites for hydroxylation is 1. The van der Waals surface area contributed by atoms with Gasteiger partial charge < -0.3 is 10.5 Å². The summed E-state index contributed by atoms with van der Waals surface area (Å²) >= 11 is 0. The monoisotopic (exact) mass is 391 g/mol. The smallest absolute Gasteiger partial charge is 0.416 e. The van der Waals surface area contributed by atoms with Gasteiger partial charge in [-0.25, -0.2) is 4.68 Å². The van der Waals surface area contributed by atoms with Crippen LogP contribution in [-0.4, -0.2) is 15.3 Å². The number of benzene rings is 1. The van der Waals surface area contributed by atoms with Crippen molar-refractivity contribution in [3.8, 4) is 11.6 Å². The van der Waals surface area contributed by atoms with Gasteiger partial charge in [-0.3, -0.25) is 0 Å². The summed E-state index contributed by atoms with van der Waals surface area (Å²) in [4.78, 5) is 0. The Balaban J connectivity index is 2.24. The number of hydrogen-bond acceptors (Lipinski definition) is 3. The maximum Gasteiger partial charge on any atom is 0.416 e. The maximum absolute atomic E-state index is 12.7. The largest absolute Gasteiger partial charge is 0.439 e. The molecule has 0 amide bonds. The summed E-state index contributed by atoms with van der Waals surface area (Å²) in [6.07, 6.45) is 2.77. The standard InChI is InChI=1S/C21H24F3N3O/c1-5-7-15(20(3,4)25)8-11-17-14-19(27(6-2)26-17)28-18-12-9-16(10-13-18)21(22,23)24/h5,7-14H,1,6,25H2,2-4H3/b11-8+,15-7+. The molecule has 2 N–H and O–H groups in total. The average Bonchev–Trinajstić information content (AvgIpc) is 2.99. The first-order chi connectivity index (χ1) is 13.0. The fourth-order valence-corrected chi connectivity index (χ4v) is 2.43. The molecule has 0 aliphatic heterocycles. The molecule has 1 aromatic carbocycles. The number of hydrogen-bond donors (Lipinski definition) is 1. The molecule has 150 valence electrons. The molecule has 1 aromatic heterocycles. The van der Waals surface area contributed by atoms with Gasteiger partial charge in [0.25, 0.3) is 0 Å². The van der Waals surface area contributed by atoms with Crippen molar-refractivity contribution in [2.45, 2.75) is 39.0 Å². The van der Waals surface area contributed by atoms with E-state index in [0.29, 0.717) is 23.9 Å². The van der Waals surface area contributed by atoms with Crippen LogP contribution in [0.1, 0.15) is 32.0 Å². The molecule has 0 saturated heterocycles. The number of nitrogens with zero attached hydrogens (tertiary/aromatic N) is 2. The number of ether oxygens (including phenoxy) is 1. The van der Waals surface area contributed by atoms with E-state index in [1.807, 2.05) is 32.9 Å². The lowest BCUT2D eigenvalue weighted by atomic mass is 9.94. The zero-order valence-electron chi connectivity index (χ0n) is 16.1. The third-order valence-corrected chi connectivity index (χ3v) is 3.94. The fraction of sp³-hybridized carbons (Fsp3) is 0.286. The molecule has 28 heavy (non-hydrogen) atoms. The van der Waals surface area contributed by atoms with Gasteiger partial charge in [0.15, 0.2) is 0 Å². The first kappa shape index (κ1) is 21.5. The van der Waals surface area contributed by atoms with Gasteiger partial charge in [0.1, 0.15) is 5.75 Å². The number of halogens is 3. The Morgan fingerprint density at radius 3 is 2.39 bits per heavy atom. The van der Waals surface area contributed by atoms with E-state index >= 15 is 0 Å². The van der Waals surface area contributed by atoms with E-state index in [4.69, 9.17) is 10.5 Å². The lowest BCUT2D eigenvalue weighted by Gasteiger charge is -2.19. The molecule has 7 heteroatoms. The van der Waals surface area contributed by atoms with Gasteiger partial charge in [-0.1, -0.05) is 24.8 Å². The second-order valence-corrected chi connectivity index (χ2v) is 6.76. The molecule has 0 saturated carbocycles. The first-order valence-corrected chi connectivity index (χ1v) is 8.77. The van der Waals surface area contributed by atoms with E-state index in [2.05, 4.69) is 11.7 Å². The number of nitrogens with two attached hydrogens (primary N) is 1. The Labute approximate surface area is 162 Å². The molecule has 2 aromatic rings. The summed E-state index contributed by atoms with van der Waals surface area (Å²) < 4.78 is 45.4. The number of alkyl halides is 3. The lowest BCUT2D eigenvalue weighted by molar-refractivity contribution is -0.137. The molecule has 2 rings (SSSR count). The zero-order chi connectivity index (χ0) is 20.9. The van der Waals surface area contributed by atoms with Crippen LogP contribution in [0.3, 0.4) is 0 Å². The van der Waals surface area contributed by atoms with E-state index in [1.165, 1.54) is 12.1 Å². The van der Waals surface area contributed by atoms with Gasteiger partial charge >= 0.3 is 6.18 Å². The van der Waals surface area contributed by atoms with Crippen LogP contribution in [0.15, 0.2) is 60.7 Å². The molecule has 0 atom stereocenters. The highest BCUT2D eigenvalue weighted by Gasteiger charge is 2.30. The van der Waals surface area contributed by atoms with Gasteiger partial charge in [0.2, 0.25) is 5.88 Å². The minimum Gasteiger partial charge on any atom is -0.439 e. The minimum absolute atomic E-state index is 0.300. The number of rotatable bonds is 7. The lowest BCUT2D eigenvalue weighted by Crippen LogP contribution is -2.33. The van der Waals surface area contributed by atoms with Crippen LogP contribution in [0.5, 0.6) is 11.6 Å². The second kappa shape index (κ2) is 8.48. The minimum atomic E-state index is -4.38. The quantitative estimate of drug-likeness (QED) is 0.627. The highest BCUT2D eigenvalue weighted by Crippen LogP contribution is 2.31. The van der Waals surface area contributed by atoms with Crippen LogP contribution in [0.4, 0.5) is 13.2 Å². The van der Waals surface area contributed by atoms with Gasteiger partial charge in [0, 0.05) is 18.2 Å². The highest BCUT2D eigenvalue weighted by atomic mass is 19.4. The predicted octanol–water partition coefficient (Wildman–Crippen LogP) is 5.58. The number of aromatic nitrogens is 2. The van der Waals surface area contributed by atoms with Gasteiger partial charge in [-0.2, -0.15) is 18.3 Å². The molecule has 0 aliphatic rings. The van der Waals surface area contributed by atoms with Crippen LogP contribution in [-0.2, 0) is 12.7 Å². The summed E-state index contributed by atoms with van der Waals surface area (Å²) in [5, 5.41) is 4.43. The fourth-order valence-electron chi connectivity index (χ4n) is 2.43. The Bertz CT molecular complexity index is 870. The summed E-state index contributed by atoms with van der Waals surface area (Å²) in [5.74, 6) is 0.733. The molecule has 0 fully saturated rings. The van der Waals surface area contributed by atoms with E-state index in [1.54, 1.807) is 22.9 Å². The summed E-state index contributed by atoms with van der Waals surface area (Å²) in [6.45, 7) is 9.90. The Morgan fingerprint density at radius 1 is 1.25 bits per heavy atom. The van der Waals surface area contributed by atoms with Crippen molar-refractivity contribution in [2.75, 3.05) is 0 Å². The maximum atomic E-state index is 12.7. The van der Waals surface area contributed by atoms with Crippen molar-refractivity contribution in [2.24, 2.45) is 5.73 Å². The Kier molecular flexibility index (Phi) is 6.51. The number of allylic oxidation sites excluding steroid dienone is 2. The zero-order valence-corrected chi connectivity index (χ0v) is 16.1. The summed E-state index contributed by atoms with van der Waals surface area (Å²) in [5.41, 5.74) is 6.39. The summed E-state index contributed by atoms with van der Waals surface area (Å²) in [6, 6.07) is 6.25. The molecule has 0 aliphatic carbocycles. The normalized spacial score (nSPS) is 13.2. The molecule has 4 nitrogen and oxygen atoms in total. The van der Waals surface area contributed by atoms with Crippen LogP contribution in [0, 0.1) is 0 Å². The summed E-state index contributed by atoms with van der Waals surface area (Å²) in [7, 11) is 0. The van der Waals surface area contributed by atoms with Gasteiger partial charge in [0.05, 0.1) is 11.3 Å². The third-order valence-electron chi connectivity index (χ3n) is 3.94. The molecule has 0 spiro atoms. The van der Waals surface area contributed by atoms with Crippen molar-refractivity contribution in [1.29, 1.82) is 0 Å². The van der Waals surface area contributed by atoms with Crippen molar-refractivity contribution >= 4 is 6.08 Å². The molecular formula is C21H24F3N3O. The molecule has 1 heterocycles. The molecule has 0 bridgehead atoms. The average molecular weight is 391 g/mol. The van der Waals surface area contributed by atoms with Gasteiger partial charge in [-0.05, 0) is 56.7 Å². The van der Waals surface area contributed by atoms with Gasteiger partial charge in [-0.15, -0.1) is 0 Å². The Hall–Kier alpha value is -2.80. The molecular weight excluding hydrogens is 367 g/mol. The topological polar surface area (TPSA) is 53.1 Å². The van der Waals surface area contributed by atoms with E-state index in [-0.39, 0.29) is 0 Å².